The van der Waals surface area contributed by atoms with Gasteiger partial charge in [-0.3, -0.25) is 10.1 Å². The van der Waals surface area contributed by atoms with Crippen LogP contribution in [0.3, 0.4) is 0 Å². The molecule has 8 heteroatoms. The lowest BCUT2D eigenvalue weighted by molar-refractivity contribution is -0.137. The van der Waals surface area contributed by atoms with Gasteiger partial charge in [0.25, 0.3) is 0 Å². The molecule has 1 aromatic rings. The minimum atomic E-state index is -1.08. The molecular weight excluding hydrogens is 256 g/mol. The third-order valence-electron chi connectivity index (χ3n) is 1.95. The number of urea groups is 1. The van der Waals surface area contributed by atoms with Crippen molar-refractivity contribution in [3.05, 3.63) is 17.7 Å². The van der Waals surface area contributed by atoms with Crippen LogP contribution in [0.15, 0.2) is 12.7 Å². The minimum absolute atomic E-state index is 0.150. The van der Waals surface area contributed by atoms with Crippen LogP contribution in [0.1, 0.15) is 11.9 Å². The van der Waals surface area contributed by atoms with E-state index in [4.69, 9.17) is 5.11 Å². The molecule has 0 unspecified atom stereocenters. The Kier molecular flexibility index (Phi) is 5.25. The number of carbonyl (C=O) groups excluding carboxylic acids is 1. The van der Waals surface area contributed by atoms with E-state index in [1.54, 1.807) is 0 Å². The van der Waals surface area contributed by atoms with Crippen LogP contribution in [0, 0.1) is 0 Å². The summed E-state index contributed by atoms with van der Waals surface area (Å²) in [6.45, 7) is 5.16. The average Bonchev–Trinajstić information content (AvgIpc) is 2.75. The van der Waals surface area contributed by atoms with Crippen molar-refractivity contribution in [2.24, 2.45) is 0 Å². The summed E-state index contributed by atoms with van der Waals surface area (Å²) in [6, 6.07) is -0.531. The quantitative estimate of drug-likeness (QED) is 0.757. The molecule has 0 bridgehead atoms. The Morgan fingerprint density at radius 1 is 1.56 bits per heavy atom. The maximum absolute atomic E-state index is 11.8. The van der Waals surface area contributed by atoms with Crippen LogP contribution in [0.5, 0.6) is 0 Å². The molecule has 7 nitrogen and oxygen atoms in total. The number of aryl methyl sites for hydroxylation is 1. The van der Waals surface area contributed by atoms with Gasteiger partial charge in [0.1, 0.15) is 11.6 Å². The van der Waals surface area contributed by atoms with Crippen LogP contribution in [-0.4, -0.2) is 45.3 Å². The van der Waals surface area contributed by atoms with Crippen molar-refractivity contribution in [2.75, 3.05) is 18.4 Å². The van der Waals surface area contributed by atoms with E-state index in [-0.39, 0.29) is 6.54 Å². The standard InChI is InChI=1S/C10H14N4O3S/c1-3-5-14(6-8(15)16)10(17)11-9-13-12-7(4-2)18-9/h3H,1,4-6H2,2H3,(H,15,16)(H,11,13,17). The van der Waals surface area contributed by atoms with Gasteiger partial charge >= 0.3 is 12.0 Å². The first-order valence-electron chi connectivity index (χ1n) is 5.27. The lowest BCUT2D eigenvalue weighted by Crippen LogP contribution is -2.38. The number of aliphatic carboxylic acids is 1. The van der Waals surface area contributed by atoms with E-state index in [0.717, 1.165) is 16.3 Å². The van der Waals surface area contributed by atoms with Gasteiger partial charge in [-0.25, -0.2) is 4.79 Å². The highest BCUT2D eigenvalue weighted by Gasteiger charge is 2.16. The highest BCUT2D eigenvalue weighted by molar-refractivity contribution is 7.15. The number of nitrogens with zero attached hydrogens (tertiary/aromatic N) is 3. The fourth-order valence-electron chi connectivity index (χ4n) is 1.16. The molecule has 2 N–H and O–H groups in total. The van der Waals surface area contributed by atoms with E-state index in [1.165, 1.54) is 17.4 Å². The normalized spacial score (nSPS) is 9.83. The first-order valence-corrected chi connectivity index (χ1v) is 6.09. The Hall–Kier alpha value is -1.96. The molecule has 0 aliphatic rings. The van der Waals surface area contributed by atoms with Gasteiger partial charge in [0, 0.05) is 6.54 Å². The summed E-state index contributed by atoms with van der Waals surface area (Å²) in [4.78, 5) is 23.5. The summed E-state index contributed by atoms with van der Waals surface area (Å²) in [6.07, 6.45) is 2.19. The van der Waals surface area contributed by atoms with Crippen molar-refractivity contribution in [1.82, 2.24) is 15.1 Å². The summed E-state index contributed by atoms with van der Waals surface area (Å²) >= 11 is 1.26. The molecule has 1 rings (SSSR count). The number of hydrogen-bond acceptors (Lipinski definition) is 5. The van der Waals surface area contributed by atoms with Gasteiger partial charge in [-0.05, 0) is 6.42 Å². The van der Waals surface area contributed by atoms with Crippen molar-refractivity contribution in [2.45, 2.75) is 13.3 Å². The molecule has 0 fully saturated rings. The molecular formula is C10H14N4O3S. The Balaban J connectivity index is 2.65. The molecule has 2 amide bonds. The van der Waals surface area contributed by atoms with E-state index < -0.39 is 18.5 Å². The predicted molar refractivity (Wildman–Crippen MR) is 67.7 cm³/mol. The van der Waals surface area contributed by atoms with Gasteiger partial charge < -0.3 is 10.0 Å². The van der Waals surface area contributed by atoms with Crippen molar-refractivity contribution in [3.8, 4) is 0 Å². The highest BCUT2D eigenvalue weighted by Crippen LogP contribution is 2.15. The molecule has 18 heavy (non-hydrogen) atoms. The van der Waals surface area contributed by atoms with Crippen molar-refractivity contribution < 1.29 is 14.7 Å². The predicted octanol–water partition coefficient (Wildman–Crippen LogP) is 1.20. The maximum atomic E-state index is 11.8. The maximum Gasteiger partial charge on any atom is 0.324 e. The van der Waals surface area contributed by atoms with E-state index in [1.807, 2.05) is 6.92 Å². The summed E-state index contributed by atoms with van der Waals surface area (Å²) in [7, 11) is 0. The van der Waals surface area contributed by atoms with Gasteiger partial charge in [0.05, 0.1) is 0 Å². The van der Waals surface area contributed by atoms with Gasteiger partial charge in [-0.2, -0.15) is 0 Å². The van der Waals surface area contributed by atoms with Crippen LogP contribution in [0.4, 0.5) is 9.93 Å². The number of rotatable bonds is 6. The topological polar surface area (TPSA) is 95.4 Å². The van der Waals surface area contributed by atoms with Gasteiger partial charge in [-0.15, -0.1) is 16.8 Å². The number of nitrogens with one attached hydrogen (secondary N) is 1. The Morgan fingerprint density at radius 2 is 2.28 bits per heavy atom. The van der Waals surface area contributed by atoms with Crippen LogP contribution in [0.2, 0.25) is 0 Å². The second-order valence-corrected chi connectivity index (χ2v) is 4.41. The third-order valence-corrected chi connectivity index (χ3v) is 2.93. The zero-order valence-electron chi connectivity index (χ0n) is 9.92. The molecule has 0 saturated heterocycles. The van der Waals surface area contributed by atoms with E-state index >= 15 is 0 Å². The molecule has 0 saturated carbocycles. The summed E-state index contributed by atoms with van der Waals surface area (Å²) in [5.41, 5.74) is 0. The number of carboxylic acids is 1. The van der Waals surface area contributed by atoms with Crippen LogP contribution < -0.4 is 5.32 Å². The number of anilines is 1. The second kappa shape index (κ2) is 6.70. The van der Waals surface area contributed by atoms with Crippen LogP contribution >= 0.6 is 11.3 Å². The molecule has 0 spiro atoms. The molecule has 0 aromatic carbocycles. The number of carboxylic acid groups (broad SMARTS) is 1. The summed E-state index contributed by atoms with van der Waals surface area (Å²) in [5.74, 6) is -1.08. The van der Waals surface area contributed by atoms with Crippen molar-refractivity contribution in [3.63, 3.8) is 0 Å². The zero-order valence-corrected chi connectivity index (χ0v) is 10.7. The van der Waals surface area contributed by atoms with Crippen molar-refractivity contribution in [1.29, 1.82) is 0 Å². The molecule has 1 aromatic heterocycles. The number of amides is 2. The lowest BCUT2D eigenvalue weighted by Gasteiger charge is -2.18. The second-order valence-electron chi connectivity index (χ2n) is 3.35. The fourth-order valence-corrected chi connectivity index (χ4v) is 1.83. The molecule has 0 aliphatic carbocycles. The van der Waals surface area contributed by atoms with Gasteiger partial charge in [-0.1, -0.05) is 24.3 Å². The first kappa shape index (κ1) is 14.1. The van der Waals surface area contributed by atoms with E-state index in [0.29, 0.717) is 5.13 Å². The Bertz CT molecular complexity index is 446. The molecule has 0 radical (unpaired) electrons. The molecule has 0 aliphatic heterocycles. The minimum Gasteiger partial charge on any atom is -0.480 e. The fraction of sp³-hybridized carbons (Fsp3) is 0.400. The van der Waals surface area contributed by atoms with Gasteiger partial charge in [0.15, 0.2) is 0 Å². The highest BCUT2D eigenvalue weighted by atomic mass is 32.1. The monoisotopic (exact) mass is 270 g/mol. The van der Waals surface area contributed by atoms with Crippen LogP contribution in [-0.2, 0) is 11.2 Å². The number of aromatic nitrogens is 2. The summed E-state index contributed by atoms with van der Waals surface area (Å²) in [5, 5.41) is 20.0. The third kappa shape index (κ3) is 4.13. The van der Waals surface area contributed by atoms with E-state index in [9.17, 15) is 9.59 Å². The molecule has 0 atom stereocenters. The first-order chi connectivity index (χ1) is 8.56. The summed E-state index contributed by atoms with van der Waals surface area (Å²) < 4.78 is 0. The molecule has 98 valence electrons. The van der Waals surface area contributed by atoms with E-state index in [2.05, 4.69) is 22.1 Å². The smallest absolute Gasteiger partial charge is 0.324 e. The SMILES string of the molecule is C=CCN(CC(=O)O)C(=O)Nc1nnc(CC)s1. The molecule has 1 heterocycles. The van der Waals surface area contributed by atoms with Crippen molar-refractivity contribution >= 4 is 28.5 Å². The zero-order chi connectivity index (χ0) is 13.5. The Morgan fingerprint density at radius 3 is 2.78 bits per heavy atom. The largest absolute Gasteiger partial charge is 0.480 e. The van der Waals surface area contributed by atoms with Gasteiger partial charge in [0.2, 0.25) is 5.13 Å². The average molecular weight is 270 g/mol. The lowest BCUT2D eigenvalue weighted by atomic mass is 10.5. The number of hydrogen-bond donors (Lipinski definition) is 2. The van der Waals surface area contributed by atoms with Crippen LogP contribution in [0.25, 0.3) is 0 Å². The number of carbonyl (C=O) groups is 2. The Labute approximate surface area is 108 Å².